The Kier molecular flexibility index (Phi) is 3.69. The van der Waals surface area contributed by atoms with Crippen molar-refractivity contribution in [2.24, 2.45) is 0 Å². The highest BCUT2D eigenvalue weighted by Gasteiger charge is 2.10. The van der Waals surface area contributed by atoms with Crippen LogP contribution >= 0.6 is 11.3 Å². The lowest BCUT2D eigenvalue weighted by molar-refractivity contribution is 0.0342. The topological polar surface area (TPSA) is 25.4 Å². The highest BCUT2D eigenvalue weighted by atomic mass is 32.1. The molecule has 1 aliphatic rings. The second kappa shape index (κ2) is 5.61. The minimum Gasteiger partial charge on any atom is -0.379 e. The van der Waals surface area contributed by atoms with Crippen LogP contribution in [0.4, 0.5) is 0 Å². The third-order valence-electron chi connectivity index (χ3n) is 3.14. The summed E-state index contributed by atoms with van der Waals surface area (Å²) in [4.78, 5) is 6.76. The summed E-state index contributed by atoms with van der Waals surface area (Å²) < 4.78 is 5.36. The van der Waals surface area contributed by atoms with E-state index in [2.05, 4.69) is 34.1 Å². The fourth-order valence-corrected chi connectivity index (χ4v) is 2.78. The van der Waals surface area contributed by atoms with Crippen molar-refractivity contribution in [3.63, 3.8) is 0 Å². The Balaban J connectivity index is 1.67. The number of aromatic nitrogens is 1. The third-order valence-corrected chi connectivity index (χ3v) is 3.97. The summed E-state index contributed by atoms with van der Waals surface area (Å²) in [6, 6.07) is 8.72. The van der Waals surface area contributed by atoms with E-state index in [1.54, 1.807) is 11.3 Å². The molecule has 0 saturated carbocycles. The first kappa shape index (κ1) is 11.8. The van der Waals surface area contributed by atoms with Gasteiger partial charge in [-0.1, -0.05) is 24.3 Å². The molecule has 0 atom stereocenters. The van der Waals surface area contributed by atoms with Gasteiger partial charge in [0.15, 0.2) is 0 Å². The SMILES string of the molecule is c1csc(-c2ccc(CN3CCOCC3)cc2)n1. The zero-order chi connectivity index (χ0) is 12.2. The van der Waals surface area contributed by atoms with Gasteiger partial charge in [0.1, 0.15) is 5.01 Å². The van der Waals surface area contributed by atoms with Crippen molar-refractivity contribution in [2.75, 3.05) is 26.3 Å². The van der Waals surface area contributed by atoms with E-state index in [-0.39, 0.29) is 0 Å². The molecular formula is C14H16N2OS. The van der Waals surface area contributed by atoms with Gasteiger partial charge in [0.25, 0.3) is 0 Å². The quantitative estimate of drug-likeness (QED) is 0.848. The molecule has 0 N–H and O–H groups in total. The molecule has 1 aliphatic heterocycles. The Hall–Kier alpha value is -1.23. The monoisotopic (exact) mass is 260 g/mol. The first-order chi connectivity index (χ1) is 8.92. The number of hydrogen-bond donors (Lipinski definition) is 0. The Morgan fingerprint density at radius 3 is 2.61 bits per heavy atom. The molecule has 0 unspecified atom stereocenters. The van der Waals surface area contributed by atoms with Gasteiger partial charge in [-0.3, -0.25) is 4.90 Å². The number of hydrogen-bond acceptors (Lipinski definition) is 4. The number of rotatable bonds is 3. The molecule has 2 aromatic rings. The molecule has 1 fully saturated rings. The molecule has 18 heavy (non-hydrogen) atoms. The molecule has 3 rings (SSSR count). The van der Waals surface area contributed by atoms with Gasteiger partial charge in [0.2, 0.25) is 0 Å². The zero-order valence-corrected chi connectivity index (χ0v) is 11.0. The van der Waals surface area contributed by atoms with Crippen LogP contribution in [0.2, 0.25) is 0 Å². The van der Waals surface area contributed by atoms with Gasteiger partial charge in [0, 0.05) is 36.8 Å². The van der Waals surface area contributed by atoms with Crippen molar-refractivity contribution in [3.8, 4) is 10.6 Å². The van der Waals surface area contributed by atoms with Crippen molar-refractivity contribution in [1.82, 2.24) is 9.88 Å². The van der Waals surface area contributed by atoms with Gasteiger partial charge in [0.05, 0.1) is 13.2 Å². The van der Waals surface area contributed by atoms with Crippen LogP contribution in [-0.4, -0.2) is 36.2 Å². The summed E-state index contributed by atoms with van der Waals surface area (Å²) in [5.74, 6) is 0. The summed E-state index contributed by atoms with van der Waals surface area (Å²) in [6.07, 6.45) is 1.85. The lowest BCUT2D eigenvalue weighted by Gasteiger charge is -2.26. The molecule has 1 saturated heterocycles. The summed E-state index contributed by atoms with van der Waals surface area (Å²) >= 11 is 1.68. The predicted octanol–water partition coefficient (Wildman–Crippen LogP) is 2.64. The first-order valence-corrected chi connectivity index (χ1v) is 7.09. The normalized spacial score (nSPS) is 16.9. The lowest BCUT2D eigenvalue weighted by atomic mass is 10.1. The summed E-state index contributed by atoms with van der Waals surface area (Å²) in [7, 11) is 0. The average Bonchev–Trinajstić information content (AvgIpc) is 2.95. The van der Waals surface area contributed by atoms with Crippen LogP contribution in [0.3, 0.4) is 0 Å². The van der Waals surface area contributed by atoms with Crippen molar-refractivity contribution >= 4 is 11.3 Å². The molecule has 0 spiro atoms. The Bertz CT molecular complexity index is 475. The van der Waals surface area contributed by atoms with E-state index in [0.717, 1.165) is 37.9 Å². The Labute approximate surface area is 111 Å². The smallest absolute Gasteiger partial charge is 0.123 e. The van der Waals surface area contributed by atoms with E-state index in [1.807, 2.05) is 11.6 Å². The van der Waals surface area contributed by atoms with Crippen LogP contribution in [0.15, 0.2) is 35.8 Å². The van der Waals surface area contributed by atoms with Crippen LogP contribution in [0.25, 0.3) is 10.6 Å². The van der Waals surface area contributed by atoms with E-state index in [0.29, 0.717) is 0 Å². The maximum atomic E-state index is 5.36. The fourth-order valence-electron chi connectivity index (χ4n) is 2.14. The first-order valence-electron chi connectivity index (χ1n) is 6.21. The summed E-state index contributed by atoms with van der Waals surface area (Å²) in [5, 5.41) is 3.10. The molecular weight excluding hydrogens is 244 g/mol. The minimum atomic E-state index is 0.858. The van der Waals surface area contributed by atoms with Gasteiger partial charge < -0.3 is 4.74 Å². The number of morpholine rings is 1. The largest absolute Gasteiger partial charge is 0.379 e. The fraction of sp³-hybridized carbons (Fsp3) is 0.357. The van der Waals surface area contributed by atoms with Gasteiger partial charge in [-0.25, -0.2) is 4.98 Å². The molecule has 3 nitrogen and oxygen atoms in total. The van der Waals surface area contributed by atoms with Crippen molar-refractivity contribution in [3.05, 3.63) is 41.4 Å². The van der Waals surface area contributed by atoms with Gasteiger partial charge in [-0.2, -0.15) is 0 Å². The summed E-state index contributed by atoms with van der Waals surface area (Å²) in [5.41, 5.74) is 2.56. The number of benzene rings is 1. The number of thiazole rings is 1. The molecule has 94 valence electrons. The minimum absolute atomic E-state index is 0.858. The Morgan fingerprint density at radius 2 is 1.94 bits per heavy atom. The third kappa shape index (κ3) is 2.77. The predicted molar refractivity (Wildman–Crippen MR) is 73.6 cm³/mol. The van der Waals surface area contributed by atoms with Gasteiger partial charge in [-0.05, 0) is 5.56 Å². The van der Waals surface area contributed by atoms with Crippen LogP contribution in [-0.2, 0) is 11.3 Å². The van der Waals surface area contributed by atoms with E-state index >= 15 is 0 Å². The van der Waals surface area contributed by atoms with E-state index < -0.39 is 0 Å². The van der Waals surface area contributed by atoms with E-state index in [4.69, 9.17) is 4.74 Å². The number of ether oxygens (including phenoxy) is 1. The maximum absolute atomic E-state index is 5.36. The van der Waals surface area contributed by atoms with Crippen LogP contribution < -0.4 is 0 Å². The van der Waals surface area contributed by atoms with Gasteiger partial charge >= 0.3 is 0 Å². The highest BCUT2D eigenvalue weighted by Crippen LogP contribution is 2.22. The van der Waals surface area contributed by atoms with E-state index in [9.17, 15) is 0 Å². The second-order valence-electron chi connectivity index (χ2n) is 4.42. The molecule has 0 amide bonds. The average molecular weight is 260 g/mol. The Morgan fingerprint density at radius 1 is 1.17 bits per heavy atom. The zero-order valence-electron chi connectivity index (χ0n) is 10.2. The molecule has 0 bridgehead atoms. The van der Waals surface area contributed by atoms with Gasteiger partial charge in [-0.15, -0.1) is 11.3 Å². The van der Waals surface area contributed by atoms with Crippen LogP contribution in [0.5, 0.6) is 0 Å². The van der Waals surface area contributed by atoms with E-state index in [1.165, 1.54) is 11.1 Å². The molecule has 0 aliphatic carbocycles. The van der Waals surface area contributed by atoms with Crippen molar-refractivity contribution in [2.45, 2.75) is 6.54 Å². The van der Waals surface area contributed by atoms with Crippen LogP contribution in [0.1, 0.15) is 5.56 Å². The maximum Gasteiger partial charge on any atom is 0.123 e. The molecule has 4 heteroatoms. The lowest BCUT2D eigenvalue weighted by Crippen LogP contribution is -2.35. The molecule has 1 aromatic heterocycles. The second-order valence-corrected chi connectivity index (χ2v) is 5.32. The summed E-state index contributed by atoms with van der Waals surface area (Å²) in [6.45, 7) is 4.80. The van der Waals surface area contributed by atoms with Crippen LogP contribution in [0, 0.1) is 0 Å². The molecule has 1 aromatic carbocycles. The van der Waals surface area contributed by atoms with Crippen molar-refractivity contribution in [1.29, 1.82) is 0 Å². The number of nitrogens with zero attached hydrogens (tertiary/aromatic N) is 2. The standard InChI is InChI=1S/C14H16N2OS/c1-3-13(14-15-5-10-18-14)4-2-12(1)11-16-6-8-17-9-7-16/h1-5,10H,6-9,11H2. The molecule has 2 heterocycles. The molecule has 0 radical (unpaired) electrons. The highest BCUT2D eigenvalue weighted by molar-refractivity contribution is 7.13. The van der Waals surface area contributed by atoms with Crippen molar-refractivity contribution < 1.29 is 4.74 Å².